The summed E-state index contributed by atoms with van der Waals surface area (Å²) in [5.41, 5.74) is 0.784. The number of amides is 2. The van der Waals surface area contributed by atoms with E-state index in [0.717, 1.165) is 5.56 Å². The normalized spacial score (nSPS) is 20.8. The van der Waals surface area contributed by atoms with Crippen molar-refractivity contribution >= 4 is 35.2 Å². The number of halogens is 2. The molecule has 126 valence electrons. The van der Waals surface area contributed by atoms with Crippen LogP contribution in [0.4, 0.5) is 4.79 Å². The van der Waals surface area contributed by atoms with Gasteiger partial charge in [0, 0.05) is 19.6 Å². The highest BCUT2D eigenvalue weighted by atomic mass is 35.5. The van der Waals surface area contributed by atoms with E-state index in [-0.39, 0.29) is 18.0 Å². The first kappa shape index (κ1) is 17.9. The number of benzene rings is 1. The molecule has 7 heteroatoms. The highest BCUT2D eigenvalue weighted by molar-refractivity contribution is 6.42. The van der Waals surface area contributed by atoms with Crippen molar-refractivity contribution in [3.05, 3.63) is 33.8 Å². The van der Waals surface area contributed by atoms with Crippen molar-refractivity contribution in [1.29, 1.82) is 0 Å². The quantitative estimate of drug-likeness (QED) is 0.860. The third-order valence-electron chi connectivity index (χ3n) is 4.19. The number of nitrogens with zero attached hydrogens (tertiary/aromatic N) is 1. The molecule has 0 heterocycles. The van der Waals surface area contributed by atoms with Gasteiger partial charge >= 0.3 is 12.0 Å². The van der Waals surface area contributed by atoms with Crippen molar-refractivity contribution < 1.29 is 14.7 Å². The fourth-order valence-corrected chi connectivity index (χ4v) is 3.15. The lowest BCUT2D eigenvalue weighted by Crippen LogP contribution is -2.44. The van der Waals surface area contributed by atoms with Crippen LogP contribution < -0.4 is 5.32 Å². The molecule has 5 nitrogen and oxygen atoms in total. The lowest BCUT2D eigenvalue weighted by Gasteiger charge is -2.29. The van der Waals surface area contributed by atoms with Gasteiger partial charge < -0.3 is 15.3 Å². The molecule has 0 spiro atoms. The van der Waals surface area contributed by atoms with Gasteiger partial charge in [0.1, 0.15) is 0 Å². The summed E-state index contributed by atoms with van der Waals surface area (Å²) in [6, 6.07) is 5.16. The van der Waals surface area contributed by atoms with Gasteiger partial charge in [-0.2, -0.15) is 0 Å². The Balaban J connectivity index is 1.86. The topological polar surface area (TPSA) is 69.6 Å². The Bertz CT molecular complexity index is 587. The second-order valence-corrected chi connectivity index (χ2v) is 6.69. The molecule has 0 saturated heterocycles. The van der Waals surface area contributed by atoms with E-state index < -0.39 is 5.97 Å². The molecule has 1 aromatic rings. The maximum absolute atomic E-state index is 12.2. The zero-order chi connectivity index (χ0) is 17.0. The lowest BCUT2D eigenvalue weighted by atomic mass is 9.86. The fourth-order valence-electron chi connectivity index (χ4n) is 2.77. The molecule has 2 N–H and O–H groups in total. The zero-order valence-electron chi connectivity index (χ0n) is 12.9. The van der Waals surface area contributed by atoms with Crippen LogP contribution in [-0.4, -0.2) is 35.1 Å². The molecule has 0 aliphatic heterocycles. The van der Waals surface area contributed by atoms with Gasteiger partial charge in [-0.05, 0) is 37.3 Å². The van der Waals surface area contributed by atoms with E-state index in [1.807, 2.05) is 6.07 Å². The summed E-state index contributed by atoms with van der Waals surface area (Å²) in [4.78, 5) is 24.7. The Labute approximate surface area is 145 Å². The number of carboxylic acid groups (broad SMARTS) is 1. The number of carbonyl (C=O) groups excluding carboxylic acids is 1. The van der Waals surface area contributed by atoms with E-state index in [9.17, 15) is 9.59 Å². The molecule has 23 heavy (non-hydrogen) atoms. The lowest BCUT2D eigenvalue weighted by molar-refractivity contribution is -0.142. The highest BCUT2D eigenvalue weighted by Gasteiger charge is 2.27. The average molecular weight is 359 g/mol. The summed E-state index contributed by atoms with van der Waals surface area (Å²) >= 11 is 12.1. The first-order valence-corrected chi connectivity index (χ1v) is 8.31. The van der Waals surface area contributed by atoms with E-state index in [0.29, 0.717) is 42.3 Å². The molecular formula is C16H20Cl2N2O3. The van der Waals surface area contributed by atoms with Crippen molar-refractivity contribution in [3.8, 4) is 0 Å². The van der Waals surface area contributed by atoms with Crippen LogP contribution in [0.25, 0.3) is 0 Å². The molecule has 0 unspecified atom stereocenters. The standard InChI is InChI=1S/C16H20Cl2N2O3/c1-20(9-11-3-2-4-13(17)14(11)18)16(23)19-12-7-5-10(6-8-12)15(21)22/h2-4,10,12H,5-9H2,1H3,(H,19,23)(H,21,22). The number of carbonyl (C=O) groups is 2. The Hall–Kier alpha value is -1.46. The predicted molar refractivity (Wildman–Crippen MR) is 89.8 cm³/mol. The van der Waals surface area contributed by atoms with E-state index >= 15 is 0 Å². The van der Waals surface area contributed by atoms with Crippen LogP contribution in [0.15, 0.2) is 18.2 Å². The Morgan fingerprint density at radius 3 is 2.52 bits per heavy atom. The molecule has 0 bridgehead atoms. The van der Waals surface area contributed by atoms with Gasteiger partial charge in [-0.1, -0.05) is 35.3 Å². The molecule has 0 radical (unpaired) electrons. The molecular weight excluding hydrogens is 339 g/mol. The molecule has 2 rings (SSSR count). The van der Waals surface area contributed by atoms with Gasteiger partial charge in [-0.3, -0.25) is 4.79 Å². The SMILES string of the molecule is CN(Cc1cccc(Cl)c1Cl)C(=O)NC1CCC(C(=O)O)CC1. The smallest absolute Gasteiger partial charge is 0.317 e. The first-order valence-electron chi connectivity index (χ1n) is 7.55. The van der Waals surface area contributed by atoms with Gasteiger partial charge in [0.2, 0.25) is 0 Å². The summed E-state index contributed by atoms with van der Waals surface area (Å²) in [7, 11) is 1.69. The van der Waals surface area contributed by atoms with E-state index in [4.69, 9.17) is 28.3 Å². The van der Waals surface area contributed by atoms with Gasteiger partial charge in [-0.15, -0.1) is 0 Å². The number of aliphatic carboxylic acids is 1. The van der Waals surface area contributed by atoms with Gasteiger partial charge in [0.05, 0.1) is 16.0 Å². The van der Waals surface area contributed by atoms with Crippen molar-refractivity contribution in [3.63, 3.8) is 0 Å². The molecule has 1 aliphatic rings. The third kappa shape index (κ3) is 4.75. The van der Waals surface area contributed by atoms with E-state index in [1.165, 1.54) is 0 Å². The second-order valence-electron chi connectivity index (χ2n) is 5.91. The summed E-state index contributed by atoms with van der Waals surface area (Å²) in [6.45, 7) is 0.357. The Morgan fingerprint density at radius 2 is 1.91 bits per heavy atom. The largest absolute Gasteiger partial charge is 0.481 e. The maximum atomic E-state index is 12.2. The third-order valence-corrected chi connectivity index (χ3v) is 5.05. The molecule has 0 aromatic heterocycles. The Morgan fingerprint density at radius 1 is 1.26 bits per heavy atom. The van der Waals surface area contributed by atoms with Crippen LogP contribution in [0.3, 0.4) is 0 Å². The zero-order valence-corrected chi connectivity index (χ0v) is 14.4. The summed E-state index contributed by atoms with van der Waals surface area (Å²) in [5.74, 6) is -1.03. The second kappa shape index (κ2) is 7.88. The number of hydrogen-bond acceptors (Lipinski definition) is 2. The maximum Gasteiger partial charge on any atom is 0.317 e. The summed E-state index contributed by atoms with van der Waals surface area (Å²) in [5, 5.41) is 12.9. The fraction of sp³-hybridized carbons (Fsp3) is 0.500. The number of carboxylic acids is 1. The van der Waals surface area contributed by atoms with Crippen LogP contribution in [0.2, 0.25) is 10.0 Å². The van der Waals surface area contributed by atoms with Crippen molar-refractivity contribution in [1.82, 2.24) is 10.2 Å². The first-order chi connectivity index (χ1) is 10.9. The van der Waals surface area contributed by atoms with E-state index in [2.05, 4.69) is 5.32 Å². The molecule has 1 fully saturated rings. The minimum Gasteiger partial charge on any atom is -0.481 e. The number of hydrogen-bond donors (Lipinski definition) is 2. The van der Waals surface area contributed by atoms with Gasteiger partial charge in [-0.25, -0.2) is 4.79 Å². The monoisotopic (exact) mass is 358 g/mol. The van der Waals surface area contributed by atoms with Crippen molar-refractivity contribution in [2.24, 2.45) is 5.92 Å². The number of urea groups is 1. The van der Waals surface area contributed by atoms with Gasteiger partial charge in [0.25, 0.3) is 0 Å². The van der Waals surface area contributed by atoms with Crippen LogP contribution in [0.5, 0.6) is 0 Å². The molecule has 2 amide bonds. The predicted octanol–water partition coefficient (Wildman–Crippen LogP) is 3.78. The van der Waals surface area contributed by atoms with Crippen LogP contribution in [0.1, 0.15) is 31.2 Å². The number of nitrogens with one attached hydrogen (secondary N) is 1. The van der Waals surface area contributed by atoms with Crippen LogP contribution >= 0.6 is 23.2 Å². The van der Waals surface area contributed by atoms with Gasteiger partial charge in [0.15, 0.2) is 0 Å². The van der Waals surface area contributed by atoms with Crippen molar-refractivity contribution in [2.75, 3.05) is 7.05 Å². The summed E-state index contributed by atoms with van der Waals surface area (Å²) in [6.07, 6.45) is 2.58. The van der Waals surface area contributed by atoms with Crippen LogP contribution in [0, 0.1) is 5.92 Å². The molecule has 1 saturated carbocycles. The Kier molecular flexibility index (Phi) is 6.13. The van der Waals surface area contributed by atoms with E-state index in [1.54, 1.807) is 24.1 Å². The van der Waals surface area contributed by atoms with Crippen LogP contribution in [-0.2, 0) is 11.3 Å². The number of rotatable bonds is 4. The molecule has 1 aromatic carbocycles. The molecule has 0 atom stereocenters. The minimum atomic E-state index is -0.748. The molecule has 1 aliphatic carbocycles. The highest BCUT2D eigenvalue weighted by Crippen LogP contribution is 2.27. The average Bonchev–Trinajstić information content (AvgIpc) is 2.52. The minimum absolute atomic E-state index is 0.0235. The van der Waals surface area contributed by atoms with Crippen molar-refractivity contribution in [2.45, 2.75) is 38.3 Å². The summed E-state index contributed by atoms with van der Waals surface area (Å²) < 4.78 is 0.